The van der Waals surface area contributed by atoms with E-state index in [0.29, 0.717) is 41.5 Å². The molecule has 8 rings (SSSR count). The normalized spacial score (nSPS) is 21.7. The molecule has 4 aromatic carbocycles. The van der Waals surface area contributed by atoms with Gasteiger partial charge >= 0.3 is 0 Å². The van der Waals surface area contributed by atoms with Gasteiger partial charge in [0.25, 0.3) is 0 Å². The fourth-order valence-corrected chi connectivity index (χ4v) is 11.3. The first kappa shape index (κ1) is 37.0. The summed E-state index contributed by atoms with van der Waals surface area (Å²) in [5, 5.41) is 68.6. The summed E-state index contributed by atoms with van der Waals surface area (Å²) >= 11 is 0. The van der Waals surface area contributed by atoms with E-state index in [1.165, 1.54) is 93.7 Å². The number of aliphatic hydroxyl groups excluding tert-OH is 1. The van der Waals surface area contributed by atoms with Crippen molar-refractivity contribution in [2.24, 2.45) is 16.7 Å². The number of phenolic OH excluding ortho intramolecular Hbond substituents is 5. The van der Waals surface area contributed by atoms with Crippen LogP contribution >= 0.6 is 0 Å². The molecule has 3 aliphatic rings. The first-order chi connectivity index (χ1) is 26.7. The molecule has 0 aliphatic heterocycles. The molecule has 9 nitrogen and oxygen atoms in total. The summed E-state index contributed by atoms with van der Waals surface area (Å²) < 4.78 is 0. The number of rotatable bonds is 11. The van der Waals surface area contributed by atoms with E-state index in [0.717, 1.165) is 12.1 Å². The molecule has 55 heavy (non-hydrogen) atoms. The maximum atomic E-state index is 11.3. The van der Waals surface area contributed by atoms with Crippen molar-refractivity contribution in [2.75, 3.05) is 13.2 Å². The minimum absolute atomic E-state index is 0.138. The molecule has 3 saturated carbocycles. The monoisotopic (exact) mass is 743 g/mol. The van der Waals surface area contributed by atoms with Crippen molar-refractivity contribution in [1.29, 1.82) is 0 Å². The van der Waals surface area contributed by atoms with Gasteiger partial charge in [0.1, 0.15) is 5.75 Å². The Balaban J connectivity index is 1.02. The molecule has 0 saturated heterocycles. The van der Waals surface area contributed by atoms with Crippen molar-refractivity contribution in [3.63, 3.8) is 0 Å². The van der Waals surface area contributed by atoms with Crippen LogP contribution in [0.15, 0.2) is 73.2 Å². The standard InChI is InChI=1S/C46H53N3O6/c50-27-39-44(18-1-2-19-44)22-23-45(20-3-4-21-45)46(39,40-26-48-29-49-40)28-47-25-32-10-8-30(9-11-32)12-16-35-33(15-13-31-14-17-36(51)38(53)24-31)34-6-5-7-37(52)41(34)43(55)42(35)54/h5-11,13-15,17,24,26,29,39,47,50-55H,1-4,12,16,18-23,25,27-28H2,(H,48,49). The van der Waals surface area contributed by atoms with Crippen molar-refractivity contribution in [2.45, 2.75) is 89.0 Å². The average molecular weight is 744 g/mol. The van der Waals surface area contributed by atoms with Crippen molar-refractivity contribution < 1.29 is 30.6 Å². The van der Waals surface area contributed by atoms with Crippen LogP contribution in [-0.4, -0.2) is 53.8 Å². The fourth-order valence-electron chi connectivity index (χ4n) is 11.3. The number of nitrogens with zero attached hydrogens (tertiary/aromatic N) is 1. The summed E-state index contributed by atoms with van der Waals surface area (Å²) in [5.74, 6) is -1.07. The van der Waals surface area contributed by atoms with Crippen LogP contribution in [-0.2, 0) is 24.8 Å². The summed E-state index contributed by atoms with van der Waals surface area (Å²) in [6.45, 7) is 1.67. The van der Waals surface area contributed by atoms with Gasteiger partial charge in [-0.2, -0.15) is 0 Å². The Bertz CT molecular complexity index is 2170. The zero-order chi connectivity index (χ0) is 38.2. The number of hydrogen-bond donors (Lipinski definition) is 8. The van der Waals surface area contributed by atoms with Crippen LogP contribution in [0.5, 0.6) is 28.7 Å². The molecule has 0 amide bonds. The van der Waals surface area contributed by atoms with Crippen LogP contribution in [0.2, 0.25) is 0 Å². The van der Waals surface area contributed by atoms with E-state index < -0.39 is 0 Å². The lowest BCUT2D eigenvalue weighted by Crippen LogP contribution is -2.63. The Morgan fingerprint density at radius 1 is 0.745 bits per heavy atom. The van der Waals surface area contributed by atoms with Gasteiger partial charge in [0.05, 0.1) is 11.7 Å². The van der Waals surface area contributed by atoms with E-state index in [1.807, 2.05) is 12.5 Å². The SMILES string of the molecule is OCC1C2(CCCC2)CCC2(CCCC2)C1(CNCc1ccc(CCc2c(O)c(O)c3c(O)cccc3c2C=Cc2ccc(O)c(O)c2)cc1)c1cnc[nH]1. The maximum Gasteiger partial charge on any atom is 0.169 e. The highest BCUT2D eigenvalue weighted by molar-refractivity contribution is 6.03. The number of nitrogens with one attached hydrogen (secondary N) is 2. The summed E-state index contributed by atoms with van der Waals surface area (Å²) in [6, 6.07) is 18.0. The Morgan fingerprint density at radius 2 is 1.49 bits per heavy atom. The van der Waals surface area contributed by atoms with E-state index in [9.17, 15) is 30.6 Å². The molecular formula is C46H53N3O6. The highest BCUT2D eigenvalue weighted by Gasteiger charge is 2.65. The number of aromatic amines is 1. The Kier molecular flexibility index (Phi) is 10.0. The molecule has 2 unspecified atom stereocenters. The number of aromatic nitrogens is 2. The third kappa shape index (κ3) is 6.41. The number of aryl methyl sites for hydroxylation is 1. The second kappa shape index (κ2) is 14.9. The van der Waals surface area contributed by atoms with Gasteiger partial charge in [-0.3, -0.25) is 0 Å². The number of fused-ring (bicyclic) bond motifs is 1. The molecule has 1 aromatic heterocycles. The number of H-pyrrole nitrogens is 1. The fraction of sp³-hybridized carbons (Fsp3) is 0.413. The van der Waals surface area contributed by atoms with Crippen LogP contribution in [0.1, 0.15) is 97.7 Å². The molecule has 2 spiro atoms. The van der Waals surface area contributed by atoms with E-state index in [4.69, 9.17) is 0 Å². The van der Waals surface area contributed by atoms with Crippen LogP contribution in [0.4, 0.5) is 0 Å². The molecule has 3 fully saturated rings. The molecule has 0 radical (unpaired) electrons. The molecular weight excluding hydrogens is 691 g/mol. The maximum absolute atomic E-state index is 11.3. The molecule has 0 bridgehead atoms. The van der Waals surface area contributed by atoms with Gasteiger partial charge in [-0.05, 0) is 108 Å². The van der Waals surface area contributed by atoms with E-state index in [2.05, 4.69) is 39.6 Å². The largest absolute Gasteiger partial charge is 0.507 e. The van der Waals surface area contributed by atoms with Crippen LogP contribution in [0.25, 0.3) is 22.9 Å². The number of aromatic hydroxyl groups is 5. The lowest BCUT2D eigenvalue weighted by Gasteiger charge is -2.62. The topological polar surface area (TPSA) is 162 Å². The molecule has 5 aromatic rings. The minimum atomic E-state index is -0.364. The Hall–Kier alpha value is -4.99. The number of imidazole rings is 1. The summed E-state index contributed by atoms with van der Waals surface area (Å²) in [7, 11) is 0. The minimum Gasteiger partial charge on any atom is -0.507 e. The number of hydrogen-bond acceptors (Lipinski definition) is 8. The predicted molar refractivity (Wildman–Crippen MR) is 215 cm³/mol. The van der Waals surface area contributed by atoms with Gasteiger partial charge in [0, 0.05) is 48.5 Å². The summed E-state index contributed by atoms with van der Waals surface area (Å²) in [5.41, 5.74) is 5.32. The van der Waals surface area contributed by atoms with Crippen molar-refractivity contribution in [3.05, 3.63) is 107 Å². The highest BCUT2D eigenvalue weighted by Crippen LogP contribution is 2.69. The number of aliphatic hydroxyl groups is 1. The molecule has 288 valence electrons. The van der Waals surface area contributed by atoms with Crippen molar-refractivity contribution >= 4 is 22.9 Å². The third-order valence-corrected chi connectivity index (χ3v) is 14.0. The van der Waals surface area contributed by atoms with E-state index >= 15 is 0 Å². The van der Waals surface area contributed by atoms with Gasteiger partial charge in [-0.25, -0.2) is 4.98 Å². The highest BCUT2D eigenvalue weighted by atomic mass is 16.3. The molecule has 9 heteroatoms. The zero-order valence-electron chi connectivity index (χ0n) is 31.4. The number of phenols is 5. The predicted octanol–water partition coefficient (Wildman–Crippen LogP) is 8.60. The van der Waals surface area contributed by atoms with Crippen LogP contribution in [0.3, 0.4) is 0 Å². The third-order valence-electron chi connectivity index (χ3n) is 14.0. The van der Waals surface area contributed by atoms with Gasteiger partial charge in [0.15, 0.2) is 23.0 Å². The van der Waals surface area contributed by atoms with E-state index in [1.54, 1.807) is 30.4 Å². The lowest BCUT2D eigenvalue weighted by molar-refractivity contribution is -0.102. The summed E-state index contributed by atoms with van der Waals surface area (Å²) in [6.07, 6.45) is 20.6. The molecule has 1 heterocycles. The van der Waals surface area contributed by atoms with Crippen molar-refractivity contribution in [3.8, 4) is 28.7 Å². The van der Waals surface area contributed by atoms with E-state index in [-0.39, 0.29) is 62.9 Å². The van der Waals surface area contributed by atoms with Gasteiger partial charge in [-0.1, -0.05) is 80.3 Å². The zero-order valence-corrected chi connectivity index (χ0v) is 31.4. The van der Waals surface area contributed by atoms with Crippen LogP contribution in [0, 0.1) is 16.7 Å². The average Bonchev–Trinajstić information content (AvgIpc) is 4.00. The molecule has 8 N–H and O–H groups in total. The van der Waals surface area contributed by atoms with Crippen molar-refractivity contribution in [1.82, 2.24) is 15.3 Å². The Morgan fingerprint density at radius 3 is 2.20 bits per heavy atom. The molecule has 3 aliphatic carbocycles. The Labute approximate surface area is 322 Å². The lowest BCUT2D eigenvalue weighted by atomic mass is 9.42. The van der Waals surface area contributed by atoms with Crippen LogP contribution < -0.4 is 5.32 Å². The molecule has 2 atom stereocenters. The number of benzene rings is 4. The first-order valence-corrected chi connectivity index (χ1v) is 20.0. The van der Waals surface area contributed by atoms with Gasteiger partial charge in [-0.15, -0.1) is 0 Å². The first-order valence-electron chi connectivity index (χ1n) is 20.0. The van der Waals surface area contributed by atoms with Gasteiger partial charge < -0.3 is 40.9 Å². The van der Waals surface area contributed by atoms with Gasteiger partial charge in [0.2, 0.25) is 0 Å². The quantitative estimate of drug-likeness (QED) is 0.0493. The smallest absolute Gasteiger partial charge is 0.169 e. The second-order valence-corrected chi connectivity index (χ2v) is 16.5. The second-order valence-electron chi connectivity index (χ2n) is 16.5. The summed E-state index contributed by atoms with van der Waals surface area (Å²) in [4.78, 5) is 8.10.